The van der Waals surface area contributed by atoms with Crippen LogP contribution >= 0.6 is 24.0 Å². The van der Waals surface area contributed by atoms with Crippen LogP contribution in [0.4, 0.5) is 0 Å². The second kappa shape index (κ2) is 6.11. The SMILES string of the molecule is COc1ccccc1OCc1nc(C)c(CS)s1. The molecule has 0 aliphatic carbocycles. The number of para-hydroxylation sites is 2. The van der Waals surface area contributed by atoms with Gasteiger partial charge in [0.2, 0.25) is 0 Å². The Balaban J connectivity index is 2.06. The Morgan fingerprint density at radius 3 is 2.61 bits per heavy atom. The van der Waals surface area contributed by atoms with Crippen LogP contribution in [-0.2, 0) is 12.4 Å². The lowest BCUT2D eigenvalue weighted by molar-refractivity contribution is 0.284. The molecule has 0 aliphatic heterocycles. The molecule has 96 valence electrons. The minimum Gasteiger partial charge on any atom is -0.493 e. The van der Waals surface area contributed by atoms with Gasteiger partial charge in [0.25, 0.3) is 0 Å². The summed E-state index contributed by atoms with van der Waals surface area (Å²) in [6, 6.07) is 7.60. The van der Waals surface area contributed by atoms with E-state index >= 15 is 0 Å². The average molecular weight is 281 g/mol. The first-order valence-corrected chi connectivity index (χ1v) is 7.01. The van der Waals surface area contributed by atoms with Crippen molar-refractivity contribution in [1.29, 1.82) is 0 Å². The fourth-order valence-corrected chi connectivity index (χ4v) is 2.84. The summed E-state index contributed by atoms with van der Waals surface area (Å²) in [4.78, 5) is 5.65. The molecule has 18 heavy (non-hydrogen) atoms. The number of thiol groups is 1. The van der Waals surface area contributed by atoms with Crippen LogP contribution in [0, 0.1) is 6.92 Å². The van der Waals surface area contributed by atoms with Gasteiger partial charge in [-0.25, -0.2) is 4.98 Å². The summed E-state index contributed by atoms with van der Waals surface area (Å²) in [5, 5.41) is 0.961. The standard InChI is InChI=1S/C13H15NO2S2/c1-9-12(8-17)18-13(14-9)7-16-11-6-4-3-5-10(11)15-2/h3-6,17H,7-8H2,1-2H3. The number of methoxy groups -OCH3 is 1. The van der Waals surface area contributed by atoms with Crippen LogP contribution in [-0.4, -0.2) is 12.1 Å². The Morgan fingerprint density at radius 1 is 1.28 bits per heavy atom. The van der Waals surface area contributed by atoms with Crippen LogP contribution < -0.4 is 9.47 Å². The van der Waals surface area contributed by atoms with Crippen molar-refractivity contribution < 1.29 is 9.47 Å². The summed E-state index contributed by atoms with van der Waals surface area (Å²) in [6.07, 6.45) is 0. The Kier molecular flexibility index (Phi) is 4.49. The normalized spacial score (nSPS) is 10.4. The number of hydrogen-bond donors (Lipinski definition) is 1. The third-order valence-electron chi connectivity index (χ3n) is 2.50. The molecule has 2 rings (SSSR count). The van der Waals surface area contributed by atoms with Crippen molar-refractivity contribution in [3.8, 4) is 11.5 Å². The van der Waals surface area contributed by atoms with E-state index in [-0.39, 0.29) is 0 Å². The fourth-order valence-electron chi connectivity index (χ4n) is 1.57. The molecule has 1 heterocycles. The molecule has 1 aromatic heterocycles. The van der Waals surface area contributed by atoms with Crippen molar-refractivity contribution in [2.75, 3.05) is 7.11 Å². The Labute approximate surface area is 116 Å². The van der Waals surface area contributed by atoms with Crippen molar-refractivity contribution >= 4 is 24.0 Å². The summed E-state index contributed by atoms with van der Waals surface area (Å²) < 4.78 is 11.0. The van der Waals surface area contributed by atoms with Crippen LogP contribution in [0.25, 0.3) is 0 Å². The maximum absolute atomic E-state index is 5.72. The van der Waals surface area contributed by atoms with E-state index in [2.05, 4.69) is 17.6 Å². The topological polar surface area (TPSA) is 31.4 Å². The van der Waals surface area contributed by atoms with Crippen LogP contribution in [0.2, 0.25) is 0 Å². The van der Waals surface area contributed by atoms with E-state index in [9.17, 15) is 0 Å². The van der Waals surface area contributed by atoms with Crippen molar-refractivity contribution in [3.63, 3.8) is 0 Å². The molecule has 0 saturated heterocycles. The number of nitrogens with zero attached hydrogens (tertiary/aromatic N) is 1. The first-order chi connectivity index (χ1) is 8.74. The zero-order valence-corrected chi connectivity index (χ0v) is 12.1. The van der Waals surface area contributed by atoms with Gasteiger partial charge in [-0.05, 0) is 19.1 Å². The fraction of sp³-hybridized carbons (Fsp3) is 0.308. The van der Waals surface area contributed by atoms with E-state index < -0.39 is 0 Å². The smallest absolute Gasteiger partial charge is 0.161 e. The second-order valence-electron chi connectivity index (χ2n) is 3.71. The predicted molar refractivity (Wildman–Crippen MR) is 76.9 cm³/mol. The summed E-state index contributed by atoms with van der Waals surface area (Å²) >= 11 is 5.91. The number of hydrogen-bond acceptors (Lipinski definition) is 5. The van der Waals surface area contributed by atoms with E-state index in [1.54, 1.807) is 18.4 Å². The van der Waals surface area contributed by atoms with E-state index in [4.69, 9.17) is 9.47 Å². The number of aryl methyl sites for hydroxylation is 1. The number of benzene rings is 1. The molecule has 1 aromatic carbocycles. The van der Waals surface area contributed by atoms with Gasteiger partial charge < -0.3 is 9.47 Å². The highest BCUT2D eigenvalue weighted by Crippen LogP contribution is 2.27. The van der Waals surface area contributed by atoms with Gasteiger partial charge in [-0.1, -0.05) is 12.1 Å². The lowest BCUT2D eigenvalue weighted by Crippen LogP contribution is -1.97. The average Bonchev–Trinajstić information content (AvgIpc) is 2.77. The molecular formula is C13H15NO2S2. The molecule has 5 heteroatoms. The molecule has 0 spiro atoms. The minimum atomic E-state index is 0.458. The lowest BCUT2D eigenvalue weighted by atomic mass is 10.3. The van der Waals surface area contributed by atoms with Crippen LogP contribution in [0.5, 0.6) is 11.5 Å². The maximum Gasteiger partial charge on any atom is 0.161 e. The van der Waals surface area contributed by atoms with Gasteiger partial charge in [-0.3, -0.25) is 0 Å². The Hall–Kier alpha value is -1.20. The van der Waals surface area contributed by atoms with E-state index in [0.717, 1.165) is 28.0 Å². The van der Waals surface area contributed by atoms with Crippen LogP contribution in [0.15, 0.2) is 24.3 Å². The molecule has 0 aliphatic rings. The van der Waals surface area contributed by atoms with Crippen molar-refractivity contribution in [2.45, 2.75) is 19.3 Å². The molecule has 2 aromatic rings. The number of ether oxygens (including phenoxy) is 2. The van der Waals surface area contributed by atoms with Crippen molar-refractivity contribution in [1.82, 2.24) is 4.98 Å². The van der Waals surface area contributed by atoms with E-state index in [1.807, 2.05) is 31.2 Å². The first kappa shape index (κ1) is 13.2. The molecular weight excluding hydrogens is 266 g/mol. The molecule has 0 atom stereocenters. The third-order valence-corrected chi connectivity index (χ3v) is 4.16. The quantitative estimate of drug-likeness (QED) is 0.852. The maximum atomic E-state index is 5.72. The molecule has 3 nitrogen and oxygen atoms in total. The Morgan fingerprint density at radius 2 is 2.00 bits per heavy atom. The highest BCUT2D eigenvalue weighted by molar-refractivity contribution is 7.79. The summed E-state index contributed by atoms with van der Waals surface area (Å²) in [7, 11) is 1.63. The highest BCUT2D eigenvalue weighted by atomic mass is 32.1. The lowest BCUT2D eigenvalue weighted by Gasteiger charge is -2.08. The van der Waals surface area contributed by atoms with E-state index in [0.29, 0.717) is 6.61 Å². The second-order valence-corrected chi connectivity index (χ2v) is 5.20. The first-order valence-electron chi connectivity index (χ1n) is 5.56. The highest BCUT2D eigenvalue weighted by Gasteiger charge is 2.08. The number of rotatable bonds is 5. The van der Waals surface area contributed by atoms with E-state index in [1.165, 1.54) is 4.88 Å². The monoisotopic (exact) mass is 281 g/mol. The largest absolute Gasteiger partial charge is 0.493 e. The zero-order valence-electron chi connectivity index (χ0n) is 10.3. The van der Waals surface area contributed by atoms with Crippen molar-refractivity contribution in [3.05, 3.63) is 39.8 Å². The van der Waals surface area contributed by atoms with Gasteiger partial charge >= 0.3 is 0 Å². The number of aromatic nitrogens is 1. The predicted octanol–water partition coefficient (Wildman–Crippen LogP) is 3.47. The summed E-state index contributed by atoms with van der Waals surface area (Å²) in [5.74, 6) is 2.19. The van der Waals surface area contributed by atoms with Crippen LogP contribution in [0.1, 0.15) is 15.6 Å². The summed E-state index contributed by atoms with van der Waals surface area (Å²) in [6.45, 7) is 2.45. The molecule has 0 bridgehead atoms. The van der Waals surface area contributed by atoms with Gasteiger partial charge in [0, 0.05) is 10.6 Å². The zero-order chi connectivity index (χ0) is 13.0. The van der Waals surface area contributed by atoms with Gasteiger partial charge in [0.15, 0.2) is 11.5 Å². The van der Waals surface area contributed by atoms with Gasteiger partial charge in [-0.15, -0.1) is 11.3 Å². The summed E-state index contributed by atoms with van der Waals surface area (Å²) in [5.41, 5.74) is 1.04. The molecule has 0 fully saturated rings. The van der Waals surface area contributed by atoms with Gasteiger partial charge in [-0.2, -0.15) is 12.6 Å². The molecule has 0 radical (unpaired) electrons. The molecule has 0 unspecified atom stereocenters. The molecule has 0 saturated carbocycles. The minimum absolute atomic E-state index is 0.458. The number of thiazole rings is 1. The van der Waals surface area contributed by atoms with Crippen LogP contribution in [0.3, 0.4) is 0 Å². The van der Waals surface area contributed by atoms with Gasteiger partial charge in [0.1, 0.15) is 11.6 Å². The molecule has 0 amide bonds. The van der Waals surface area contributed by atoms with Crippen molar-refractivity contribution in [2.24, 2.45) is 0 Å². The Bertz CT molecular complexity index is 525. The third kappa shape index (κ3) is 2.97. The van der Waals surface area contributed by atoms with Gasteiger partial charge in [0.05, 0.1) is 12.8 Å². The molecule has 0 N–H and O–H groups in total.